The van der Waals surface area contributed by atoms with E-state index in [1.54, 1.807) is 38.1 Å². The third kappa shape index (κ3) is 14.1. The van der Waals surface area contributed by atoms with Gasteiger partial charge in [0.15, 0.2) is 0 Å². The van der Waals surface area contributed by atoms with Crippen LogP contribution in [0.1, 0.15) is 53.8 Å². The first-order valence-corrected chi connectivity index (χ1v) is 12.1. The number of carbonyl (C=O) groups excluding carboxylic acids is 2. The Morgan fingerprint density at radius 2 is 0.923 bits per heavy atom. The minimum Gasteiger partial charge on any atom is -0.494 e. The Hall–Kier alpha value is -4.60. The number of unbranched alkanes of at least 4 members (excludes halogenated alkanes) is 1. The largest absolute Gasteiger partial charge is 0.494 e. The van der Waals surface area contributed by atoms with E-state index in [-0.39, 0.29) is 23.7 Å². The third-order valence-corrected chi connectivity index (χ3v) is 4.73. The van der Waals surface area contributed by atoms with Gasteiger partial charge in [0.05, 0.1) is 37.6 Å². The molecule has 0 saturated carbocycles. The normalized spacial score (nSPS) is 9.79. The van der Waals surface area contributed by atoms with E-state index in [0.717, 1.165) is 6.42 Å². The number of esters is 2. The summed E-state index contributed by atoms with van der Waals surface area (Å²) in [4.78, 5) is 43.4. The smallest absolute Gasteiger partial charge is 0.335 e. The lowest BCUT2D eigenvalue weighted by atomic mass is 10.2. The molecule has 0 radical (unpaired) electrons. The monoisotopic (exact) mass is 542 g/mol. The summed E-state index contributed by atoms with van der Waals surface area (Å²) in [7, 11) is 0. The van der Waals surface area contributed by atoms with E-state index in [1.165, 1.54) is 24.3 Å². The van der Waals surface area contributed by atoms with Crippen molar-refractivity contribution in [2.45, 2.75) is 33.1 Å². The zero-order valence-electron chi connectivity index (χ0n) is 22.1. The van der Waals surface area contributed by atoms with Gasteiger partial charge in [0.1, 0.15) is 11.5 Å². The highest BCUT2D eigenvalue weighted by Gasteiger charge is 2.05. The van der Waals surface area contributed by atoms with Gasteiger partial charge in [0.25, 0.3) is 0 Å². The van der Waals surface area contributed by atoms with E-state index < -0.39 is 17.9 Å². The van der Waals surface area contributed by atoms with Crippen molar-refractivity contribution in [2.24, 2.45) is 0 Å². The minimum absolute atomic E-state index is 0.211. The van der Waals surface area contributed by atoms with Crippen LogP contribution in [0.5, 0.6) is 11.5 Å². The van der Waals surface area contributed by atoms with E-state index in [1.807, 2.05) is 0 Å². The molecule has 0 fully saturated rings. The lowest BCUT2D eigenvalue weighted by Gasteiger charge is -2.07. The molecule has 210 valence electrons. The predicted molar refractivity (Wildman–Crippen MR) is 143 cm³/mol. The maximum absolute atomic E-state index is 11.1. The van der Waals surface area contributed by atoms with Crippen LogP contribution in [0.4, 0.5) is 0 Å². The second kappa shape index (κ2) is 17.8. The van der Waals surface area contributed by atoms with Crippen LogP contribution in [0.2, 0.25) is 0 Å². The standard InChI is InChI=1S/C15H18O5.C14H16O5/c1-11(2)15(18)20-10-4-3-9-19-13-7-5-12(6-8-13)14(16)17;1-10(2)14(17)19-9-3-8-18-12-6-4-11(5-7-12)13(15)16/h5-8H,1,3-4,9-10H2,2H3,(H,16,17);4-7H,1,3,8-9H2,2H3,(H,15,16). The fourth-order valence-corrected chi connectivity index (χ4v) is 2.61. The first-order chi connectivity index (χ1) is 18.5. The van der Waals surface area contributed by atoms with Crippen molar-refractivity contribution in [3.63, 3.8) is 0 Å². The van der Waals surface area contributed by atoms with Crippen LogP contribution < -0.4 is 9.47 Å². The number of carboxylic acids is 2. The highest BCUT2D eigenvalue weighted by molar-refractivity contribution is 5.88. The Bertz CT molecular complexity index is 1120. The number of hydrogen-bond donors (Lipinski definition) is 2. The molecule has 2 N–H and O–H groups in total. The van der Waals surface area contributed by atoms with Gasteiger partial charge in [0.2, 0.25) is 0 Å². The van der Waals surface area contributed by atoms with E-state index in [9.17, 15) is 19.2 Å². The van der Waals surface area contributed by atoms with Crippen LogP contribution >= 0.6 is 0 Å². The Balaban J connectivity index is 0.000000391. The average Bonchev–Trinajstić information content (AvgIpc) is 2.90. The Labute approximate surface area is 227 Å². The molecule has 0 aliphatic rings. The van der Waals surface area contributed by atoms with Gasteiger partial charge in [-0.1, -0.05) is 13.2 Å². The molecule has 0 saturated heterocycles. The number of carbonyl (C=O) groups is 4. The van der Waals surface area contributed by atoms with Crippen LogP contribution in [0, 0.1) is 0 Å². The Kier molecular flexibility index (Phi) is 14.8. The van der Waals surface area contributed by atoms with Crippen molar-refractivity contribution in [2.75, 3.05) is 26.4 Å². The number of carboxylic acid groups (broad SMARTS) is 2. The van der Waals surface area contributed by atoms with Gasteiger partial charge in [-0.05, 0) is 75.2 Å². The average molecular weight is 543 g/mol. The van der Waals surface area contributed by atoms with E-state index >= 15 is 0 Å². The lowest BCUT2D eigenvalue weighted by Crippen LogP contribution is -2.09. The molecule has 2 aromatic rings. The summed E-state index contributed by atoms with van der Waals surface area (Å²) in [6.07, 6.45) is 2.00. The van der Waals surface area contributed by atoms with Gasteiger partial charge in [0, 0.05) is 17.6 Å². The molecule has 39 heavy (non-hydrogen) atoms. The molecule has 10 heteroatoms. The van der Waals surface area contributed by atoms with Gasteiger partial charge >= 0.3 is 23.9 Å². The van der Waals surface area contributed by atoms with Crippen molar-refractivity contribution in [3.05, 3.63) is 84.0 Å². The second-order valence-corrected chi connectivity index (χ2v) is 8.25. The molecule has 0 unspecified atom stereocenters. The second-order valence-electron chi connectivity index (χ2n) is 8.25. The maximum Gasteiger partial charge on any atom is 0.335 e. The Morgan fingerprint density at radius 1 is 0.590 bits per heavy atom. The van der Waals surface area contributed by atoms with Crippen LogP contribution in [-0.4, -0.2) is 60.5 Å². The minimum atomic E-state index is -0.974. The van der Waals surface area contributed by atoms with Gasteiger partial charge < -0.3 is 29.2 Å². The van der Waals surface area contributed by atoms with Gasteiger partial charge in [-0.15, -0.1) is 0 Å². The van der Waals surface area contributed by atoms with E-state index in [2.05, 4.69) is 13.2 Å². The van der Waals surface area contributed by atoms with Crippen molar-refractivity contribution >= 4 is 23.9 Å². The van der Waals surface area contributed by atoms with E-state index in [4.69, 9.17) is 29.2 Å². The molecule has 0 aromatic heterocycles. The van der Waals surface area contributed by atoms with Gasteiger partial charge in [-0.3, -0.25) is 0 Å². The summed E-state index contributed by atoms with van der Waals surface area (Å²) in [6, 6.07) is 12.3. The summed E-state index contributed by atoms with van der Waals surface area (Å²) in [6.45, 7) is 11.6. The highest BCUT2D eigenvalue weighted by atomic mass is 16.5. The van der Waals surface area contributed by atoms with Crippen molar-refractivity contribution < 1.29 is 48.3 Å². The summed E-state index contributed by atoms with van der Waals surface area (Å²) in [5, 5.41) is 17.5. The molecule has 0 aliphatic carbocycles. The quantitative estimate of drug-likeness (QED) is 0.180. The zero-order valence-corrected chi connectivity index (χ0v) is 22.1. The molecule has 10 nitrogen and oxygen atoms in total. The molecular formula is C29H34O10. The van der Waals surface area contributed by atoms with Gasteiger partial charge in [-0.2, -0.15) is 0 Å². The van der Waals surface area contributed by atoms with Crippen LogP contribution in [0.3, 0.4) is 0 Å². The molecule has 2 rings (SSSR count). The first-order valence-electron chi connectivity index (χ1n) is 12.1. The van der Waals surface area contributed by atoms with Crippen LogP contribution in [-0.2, 0) is 19.1 Å². The van der Waals surface area contributed by atoms with Gasteiger partial charge in [-0.25, -0.2) is 19.2 Å². The van der Waals surface area contributed by atoms with Crippen LogP contribution in [0.15, 0.2) is 72.8 Å². The number of rotatable bonds is 15. The summed E-state index contributed by atoms with van der Waals surface area (Å²) < 4.78 is 20.7. The molecule has 2 aromatic carbocycles. The van der Waals surface area contributed by atoms with Crippen molar-refractivity contribution in [1.82, 2.24) is 0 Å². The first kappa shape index (κ1) is 32.4. The molecule has 0 amide bonds. The predicted octanol–water partition coefficient (Wildman–Crippen LogP) is 4.94. The maximum atomic E-state index is 11.1. The van der Waals surface area contributed by atoms with Crippen molar-refractivity contribution in [3.8, 4) is 11.5 Å². The third-order valence-electron chi connectivity index (χ3n) is 4.73. The van der Waals surface area contributed by atoms with E-state index in [0.29, 0.717) is 55.3 Å². The Morgan fingerprint density at radius 3 is 1.28 bits per heavy atom. The fraction of sp³-hybridized carbons (Fsp3) is 0.310. The molecule has 0 spiro atoms. The fourth-order valence-electron chi connectivity index (χ4n) is 2.61. The highest BCUT2D eigenvalue weighted by Crippen LogP contribution is 2.13. The number of hydrogen-bond acceptors (Lipinski definition) is 8. The molecule has 0 heterocycles. The summed E-state index contributed by atoms with van der Waals surface area (Å²) in [5.74, 6) is -1.53. The number of ether oxygens (including phenoxy) is 4. The summed E-state index contributed by atoms with van der Waals surface area (Å²) >= 11 is 0. The number of benzene rings is 2. The number of aromatic carboxylic acids is 2. The lowest BCUT2D eigenvalue weighted by molar-refractivity contribution is -0.140. The SMILES string of the molecule is C=C(C)C(=O)OCCCCOc1ccc(C(=O)O)cc1.C=C(C)C(=O)OCCCOc1ccc(C(=O)O)cc1. The molecule has 0 atom stereocenters. The molecule has 0 bridgehead atoms. The van der Waals surface area contributed by atoms with Crippen LogP contribution in [0.25, 0.3) is 0 Å². The summed E-state index contributed by atoms with van der Waals surface area (Å²) in [5.41, 5.74) is 1.19. The topological polar surface area (TPSA) is 146 Å². The zero-order chi connectivity index (χ0) is 29.2. The molecule has 0 aliphatic heterocycles. The van der Waals surface area contributed by atoms with Crippen molar-refractivity contribution in [1.29, 1.82) is 0 Å². The molecular weight excluding hydrogens is 508 g/mol.